The number of hydrogen-bond acceptors (Lipinski definition) is 10. The lowest BCUT2D eigenvalue weighted by atomic mass is 9.99. The van der Waals surface area contributed by atoms with Gasteiger partial charge >= 0.3 is 5.97 Å². The smallest absolute Gasteiger partial charge is 0.361 e. The molecule has 33 heavy (non-hydrogen) atoms. The van der Waals surface area contributed by atoms with Gasteiger partial charge in [-0.15, -0.1) is 0 Å². The van der Waals surface area contributed by atoms with E-state index in [0.717, 1.165) is 32.1 Å². The number of fused-ring (bicyclic) bond motifs is 1. The Kier molecular flexibility index (Phi) is 8.81. The molecule has 2 aliphatic rings. The molecule has 0 aromatic heterocycles. The first-order valence-corrected chi connectivity index (χ1v) is 11.0. The predicted octanol–water partition coefficient (Wildman–Crippen LogP) is 0.836. The van der Waals surface area contributed by atoms with Gasteiger partial charge in [-0.3, -0.25) is 4.79 Å². The molecule has 0 saturated carbocycles. The topological polar surface area (TPSA) is 152 Å². The van der Waals surface area contributed by atoms with Crippen molar-refractivity contribution in [2.45, 2.75) is 75.8 Å². The fourth-order valence-electron chi connectivity index (χ4n) is 3.58. The zero-order valence-corrected chi connectivity index (χ0v) is 18.3. The van der Waals surface area contributed by atoms with Crippen molar-refractivity contribution in [1.29, 1.82) is 0 Å². The monoisotopic (exact) mass is 466 g/mol. The van der Waals surface area contributed by atoms with Crippen LogP contribution in [-0.2, 0) is 14.3 Å². The highest BCUT2D eigenvalue weighted by molar-refractivity contribution is 6.15. The van der Waals surface area contributed by atoms with Crippen LogP contribution in [0.25, 0.3) is 0 Å². The molecule has 2 heterocycles. The van der Waals surface area contributed by atoms with Gasteiger partial charge in [0, 0.05) is 6.07 Å². The Balaban J connectivity index is 1.63. The van der Waals surface area contributed by atoms with Gasteiger partial charge in [0.2, 0.25) is 12.1 Å². The van der Waals surface area contributed by atoms with Crippen LogP contribution < -0.4 is 9.47 Å². The average molecular weight is 466 g/mol. The number of unbranched alkanes of at least 4 members (excludes halogenated alkanes) is 4. The molecule has 2 aliphatic heterocycles. The molecule has 10 heteroatoms. The molecule has 1 saturated heterocycles. The second-order valence-corrected chi connectivity index (χ2v) is 8.00. The van der Waals surface area contributed by atoms with Crippen molar-refractivity contribution in [3.8, 4) is 11.5 Å². The molecule has 1 fully saturated rings. The number of carbonyl (C=O) groups excluding carboxylic acids is 2. The molecule has 182 valence electrons. The number of Topliss-reactive ketones (excluding diaryl/α,β-unsaturated/α-hetero) is 1. The minimum atomic E-state index is -1.60. The zero-order chi connectivity index (χ0) is 24.0. The summed E-state index contributed by atoms with van der Waals surface area (Å²) in [6, 6.07) is 4.05. The number of aliphatic hydroxyl groups is 4. The van der Waals surface area contributed by atoms with E-state index in [0.29, 0.717) is 0 Å². The van der Waals surface area contributed by atoms with E-state index in [-0.39, 0.29) is 17.1 Å². The minimum absolute atomic E-state index is 0.0458. The van der Waals surface area contributed by atoms with Crippen LogP contribution in [0.2, 0.25) is 0 Å². The van der Waals surface area contributed by atoms with Crippen LogP contribution in [0.15, 0.2) is 30.5 Å². The van der Waals surface area contributed by atoms with E-state index in [9.17, 15) is 30.0 Å². The Morgan fingerprint density at radius 1 is 1.06 bits per heavy atom. The van der Waals surface area contributed by atoms with Crippen molar-refractivity contribution >= 4 is 11.8 Å². The van der Waals surface area contributed by atoms with E-state index < -0.39 is 55.2 Å². The second kappa shape index (κ2) is 11.6. The summed E-state index contributed by atoms with van der Waals surface area (Å²) in [7, 11) is 0. The van der Waals surface area contributed by atoms with Crippen molar-refractivity contribution in [2.75, 3.05) is 6.61 Å². The van der Waals surface area contributed by atoms with E-state index in [4.69, 9.17) is 18.9 Å². The number of rotatable bonds is 10. The highest BCUT2D eigenvalue weighted by Gasteiger charge is 2.45. The Hall–Kier alpha value is -2.50. The van der Waals surface area contributed by atoms with Crippen LogP contribution in [0.5, 0.6) is 11.5 Å². The molecule has 0 spiro atoms. The van der Waals surface area contributed by atoms with Crippen molar-refractivity contribution in [1.82, 2.24) is 0 Å². The fourth-order valence-corrected chi connectivity index (χ4v) is 3.58. The Morgan fingerprint density at radius 2 is 1.85 bits per heavy atom. The molecule has 0 amide bonds. The summed E-state index contributed by atoms with van der Waals surface area (Å²) in [4.78, 5) is 25.0. The molecule has 0 aliphatic carbocycles. The summed E-state index contributed by atoms with van der Waals surface area (Å²) in [6.45, 7) is 1.53. The molecular formula is C23H30O10. The van der Waals surface area contributed by atoms with Gasteiger partial charge in [-0.05, 0) is 31.1 Å². The summed E-state index contributed by atoms with van der Waals surface area (Å²) >= 11 is 0. The summed E-state index contributed by atoms with van der Waals surface area (Å²) in [5.74, 6) is -1.40. The standard InChI is InChI=1S/C23H30O10/c1-2-3-4-5-6-7-10-30-21-17(25)14-9-8-13(11-15(14)32-22(21)29)31-23-20(28)19(27)18(26)16(12-24)33-23/h7-11,16,18-21,23-24,26-28H,2-6,12H2,1H3/b10-7+/t16-,18-,19+,20-,21?,23?/m1/s1. The van der Waals surface area contributed by atoms with Gasteiger partial charge in [0.1, 0.15) is 35.9 Å². The highest BCUT2D eigenvalue weighted by atomic mass is 16.7. The van der Waals surface area contributed by atoms with Crippen molar-refractivity contribution in [3.63, 3.8) is 0 Å². The maximum Gasteiger partial charge on any atom is 0.361 e. The van der Waals surface area contributed by atoms with Crippen molar-refractivity contribution in [2.24, 2.45) is 0 Å². The Bertz CT molecular complexity index is 852. The van der Waals surface area contributed by atoms with Crippen molar-refractivity contribution in [3.05, 3.63) is 36.1 Å². The normalized spacial score (nSPS) is 29.6. The third-order valence-electron chi connectivity index (χ3n) is 5.52. The first-order valence-electron chi connectivity index (χ1n) is 11.0. The van der Waals surface area contributed by atoms with Gasteiger partial charge in [-0.25, -0.2) is 4.79 Å². The number of ketones is 1. The molecule has 10 nitrogen and oxygen atoms in total. The maximum absolute atomic E-state index is 12.7. The van der Waals surface area contributed by atoms with E-state index in [1.807, 2.05) is 0 Å². The molecule has 3 rings (SSSR count). The largest absolute Gasteiger partial charge is 0.478 e. The summed E-state index contributed by atoms with van der Waals surface area (Å²) in [5.41, 5.74) is 0.122. The number of allylic oxidation sites excluding steroid dienone is 1. The lowest BCUT2D eigenvalue weighted by Crippen LogP contribution is -2.60. The van der Waals surface area contributed by atoms with Crippen LogP contribution in [0, 0.1) is 0 Å². The zero-order valence-electron chi connectivity index (χ0n) is 18.3. The number of esters is 1. The first kappa shape index (κ1) is 25.1. The Morgan fingerprint density at radius 3 is 2.58 bits per heavy atom. The molecule has 0 bridgehead atoms. The van der Waals surface area contributed by atoms with Crippen LogP contribution in [-0.4, -0.2) is 75.6 Å². The molecule has 1 aromatic carbocycles. The molecule has 6 atom stereocenters. The lowest BCUT2D eigenvalue weighted by molar-refractivity contribution is -0.277. The molecule has 4 N–H and O–H groups in total. The summed E-state index contributed by atoms with van der Waals surface area (Å²) < 4.78 is 21.3. The van der Waals surface area contributed by atoms with E-state index >= 15 is 0 Å². The Labute approximate surface area is 191 Å². The number of ether oxygens (including phenoxy) is 4. The van der Waals surface area contributed by atoms with Gasteiger partial charge in [-0.1, -0.05) is 26.2 Å². The summed E-state index contributed by atoms with van der Waals surface area (Å²) in [5, 5.41) is 39.1. The van der Waals surface area contributed by atoms with Gasteiger partial charge in [0.15, 0.2) is 0 Å². The maximum atomic E-state index is 12.7. The van der Waals surface area contributed by atoms with Crippen LogP contribution in [0.4, 0.5) is 0 Å². The van der Waals surface area contributed by atoms with E-state index in [1.54, 1.807) is 6.08 Å². The molecule has 1 aromatic rings. The van der Waals surface area contributed by atoms with Crippen LogP contribution in [0.1, 0.15) is 49.4 Å². The molecule has 0 radical (unpaired) electrons. The second-order valence-electron chi connectivity index (χ2n) is 8.00. The highest BCUT2D eigenvalue weighted by Crippen LogP contribution is 2.32. The lowest BCUT2D eigenvalue weighted by Gasteiger charge is -2.39. The van der Waals surface area contributed by atoms with Gasteiger partial charge < -0.3 is 39.4 Å². The van der Waals surface area contributed by atoms with Gasteiger partial charge in [-0.2, -0.15) is 0 Å². The third-order valence-corrected chi connectivity index (χ3v) is 5.52. The fraction of sp³-hybridized carbons (Fsp3) is 0.565. The number of carbonyl (C=O) groups is 2. The number of hydrogen-bond donors (Lipinski definition) is 4. The number of benzene rings is 1. The van der Waals surface area contributed by atoms with E-state index in [1.165, 1.54) is 24.5 Å². The van der Waals surface area contributed by atoms with Gasteiger partial charge in [0.05, 0.1) is 18.4 Å². The van der Waals surface area contributed by atoms with Crippen LogP contribution >= 0.6 is 0 Å². The summed E-state index contributed by atoms with van der Waals surface area (Å²) in [6.07, 6.45) is -0.386. The predicted molar refractivity (Wildman–Crippen MR) is 114 cm³/mol. The first-order chi connectivity index (χ1) is 15.9. The van der Waals surface area contributed by atoms with Crippen LogP contribution in [0.3, 0.4) is 0 Å². The van der Waals surface area contributed by atoms with E-state index in [2.05, 4.69) is 6.92 Å². The van der Waals surface area contributed by atoms with Gasteiger partial charge in [0.25, 0.3) is 6.10 Å². The number of aliphatic hydroxyl groups excluding tert-OH is 4. The SMILES string of the molecule is CCCCCC/C=C/OC1C(=O)Oc2cc(OC3O[C@H](CO)[C@@H](O)[C@H](O)[C@H]3O)ccc2C1=O. The molecule has 2 unspecified atom stereocenters. The quantitative estimate of drug-likeness (QED) is 0.128. The van der Waals surface area contributed by atoms with Crippen molar-refractivity contribution < 1.29 is 49.0 Å². The minimum Gasteiger partial charge on any atom is -0.478 e. The third kappa shape index (κ3) is 5.90. The average Bonchev–Trinajstić information content (AvgIpc) is 2.80. The molecular weight excluding hydrogens is 436 g/mol.